The van der Waals surface area contributed by atoms with Crippen LogP contribution in [0.25, 0.3) is 10.9 Å². The Morgan fingerprint density at radius 2 is 2.00 bits per heavy atom. The van der Waals surface area contributed by atoms with Gasteiger partial charge in [0.2, 0.25) is 0 Å². The fourth-order valence-corrected chi connectivity index (χ4v) is 3.41. The summed E-state index contributed by atoms with van der Waals surface area (Å²) in [5.41, 5.74) is 2.05. The van der Waals surface area contributed by atoms with Crippen molar-refractivity contribution in [1.29, 1.82) is 0 Å². The SMILES string of the molecule is CCC1CCC(Nc2ccc(Cl)c3ncccc23)CC1. The first kappa shape index (κ1) is 13.7. The molecule has 1 N–H and O–H groups in total. The van der Waals surface area contributed by atoms with Gasteiger partial charge in [0.25, 0.3) is 0 Å². The van der Waals surface area contributed by atoms with Gasteiger partial charge in [-0.05, 0) is 55.9 Å². The molecule has 0 unspecified atom stereocenters. The second-order valence-electron chi connectivity index (χ2n) is 5.76. The fraction of sp³-hybridized carbons (Fsp3) is 0.471. The summed E-state index contributed by atoms with van der Waals surface area (Å²) in [6, 6.07) is 8.67. The Kier molecular flexibility index (Phi) is 4.11. The van der Waals surface area contributed by atoms with E-state index >= 15 is 0 Å². The average molecular weight is 289 g/mol. The Hall–Kier alpha value is -1.28. The average Bonchev–Trinajstić information content (AvgIpc) is 2.51. The lowest BCUT2D eigenvalue weighted by molar-refractivity contribution is 0.330. The van der Waals surface area contributed by atoms with E-state index in [2.05, 4.69) is 29.4 Å². The molecule has 1 heterocycles. The Labute approximate surface area is 125 Å². The van der Waals surface area contributed by atoms with Crippen LogP contribution >= 0.6 is 11.6 Å². The third kappa shape index (κ3) is 2.76. The minimum Gasteiger partial charge on any atom is -0.382 e. The molecule has 1 fully saturated rings. The number of benzene rings is 1. The number of hydrogen-bond acceptors (Lipinski definition) is 2. The lowest BCUT2D eigenvalue weighted by Crippen LogP contribution is -2.25. The highest BCUT2D eigenvalue weighted by Gasteiger charge is 2.20. The molecular formula is C17H21ClN2. The molecule has 1 aromatic heterocycles. The van der Waals surface area contributed by atoms with Gasteiger partial charge >= 0.3 is 0 Å². The molecule has 0 aliphatic heterocycles. The minimum absolute atomic E-state index is 0.586. The second kappa shape index (κ2) is 6.01. The van der Waals surface area contributed by atoms with E-state index < -0.39 is 0 Å². The van der Waals surface area contributed by atoms with E-state index in [0.29, 0.717) is 6.04 Å². The normalized spacial score (nSPS) is 22.9. The van der Waals surface area contributed by atoms with Crippen LogP contribution in [0.5, 0.6) is 0 Å². The topological polar surface area (TPSA) is 24.9 Å². The monoisotopic (exact) mass is 288 g/mol. The third-order valence-corrected chi connectivity index (χ3v) is 4.81. The number of fused-ring (bicyclic) bond motifs is 1. The summed E-state index contributed by atoms with van der Waals surface area (Å²) in [5, 5.41) is 5.54. The molecule has 1 aliphatic rings. The van der Waals surface area contributed by atoms with E-state index in [9.17, 15) is 0 Å². The number of nitrogens with one attached hydrogen (secondary N) is 1. The molecule has 0 amide bonds. The largest absolute Gasteiger partial charge is 0.382 e. The standard InChI is InChI=1S/C17H21ClN2/c1-2-12-5-7-13(8-6-12)20-16-10-9-15(18)17-14(16)4-3-11-19-17/h3-4,9-13,20H,2,5-8H2,1H3. The summed E-state index contributed by atoms with van der Waals surface area (Å²) >= 11 is 6.22. The van der Waals surface area contributed by atoms with Crippen LogP contribution in [0.4, 0.5) is 5.69 Å². The first-order chi connectivity index (χ1) is 9.78. The zero-order chi connectivity index (χ0) is 13.9. The van der Waals surface area contributed by atoms with Crippen molar-refractivity contribution in [2.45, 2.75) is 45.1 Å². The lowest BCUT2D eigenvalue weighted by atomic mass is 9.84. The highest BCUT2D eigenvalue weighted by atomic mass is 35.5. The molecule has 2 aromatic rings. The van der Waals surface area contributed by atoms with Gasteiger partial charge in [-0.2, -0.15) is 0 Å². The predicted molar refractivity (Wildman–Crippen MR) is 86.4 cm³/mol. The number of nitrogens with zero attached hydrogens (tertiary/aromatic N) is 1. The van der Waals surface area contributed by atoms with Crippen LogP contribution in [-0.2, 0) is 0 Å². The van der Waals surface area contributed by atoms with Crippen LogP contribution in [0, 0.1) is 5.92 Å². The number of aromatic nitrogens is 1. The molecule has 2 nitrogen and oxygen atoms in total. The van der Waals surface area contributed by atoms with Gasteiger partial charge in [-0.25, -0.2) is 0 Å². The van der Waals surface area contributed by atoms with E-state index in [1.165, 1.54) is 32.1 Å². The molecule has 1 saturated carbocycles. The molecule has 0 bridgehead atoms. The molecule has 1 aliphatic carbocycles. The van der Waals surface area contributed by atoms with Crippen molar-refractivity contribution < 1.29 is 0 Å². The van der Waals surface area contributed by atoms with E-state index in [0.717, 1.165) is 27.5 Å². The number of hydrogen-bond donors (Lipinski definition) is 1. The van der Waals surface area contributed by atoms with Crippen LogP contribution in [0.3, 0.4) is 0 Å². The van der Waals surface area contributed by atoms with E-state index in [1.54, 1.807) is 6.20 Å². The Morgan fingerprint density at radius 3 is 2.75 bits per heavy atom. The van der Waals surface area contributed by atoms with Crippen LogP contribution in [0.15, 0.2) is 30.5 Å². The first-order valence-corrected chi connectivity index (χ1v) is 7.95. The minimum atomic E-state index is 0.586. The number of rotatable bonds is 3. The highest BCUT2D eigenvalue weighted by Crippen LogP contribution is 2.32. The van der Waals surface area contributed by atoms with Gasteiger partial charge in [-0.15, -0.1) is 0 Å². The van der Waals surface area contributed by atoms with E-state index in [-0.39, 0.29) is 0 Å². The predicted octanol–water partition coefficient (Wildman–Crippen LogP) is 5.27. The van der Waals surface area contributed by atoms with Crippen molar-refractivity contribution in [1.82, 2.24) is 4.98 Å². The number of pyridine rings is 1. The first-order valence-electron chi connectivity index (χ1n) is 7.57. The van der Waals surface area contributed by atoms with Crippen LogP contribution < -0.4 is 5.32 Å². The molecule has 0 radical (unpaired) electrons. The smallest absolute Gasteiger partial charge is 0.0908 e. The van der Waals surface area contributed by atoms with Gasteiger partial charge in [0, 0.05) is 23.3 Å². The molecule has 3 rings (SSSR count). The van der Waals surface area contributed by atoms with E-state index in [4.69, 9.17) is 11.6 Å². The summed E-state index contributed by atoms with van der Waals surface area (Å²) in [5.74, 6) is 0.927. The Morgan fingerprint density at radius 1 is 1.20 bits per heavy atom. The van der Waals surface area contributed by atoms with Gasteiger partial charge in [-0.3, -0.25) is 4.98 Å². The van der Waals surface area contributed by atoms with Crippen molar-refractivity contribution in [3.8, 4) is 0 Å². The molecule has 20 heavy (non-hydrogen) atoms. The van der Waals surface area contributed by atoms with Crippen LogP contribution in [-0.4, -0.2) is 11.0 Å². The van der Waals surface area contributed by atoms with Crippen molar-refractivity contribution in [3.63, 3.8) is 0 Å². The zero-order valence-corrected chi connectivity index (χ0v) is 12.7. The molecule has 3 heteroatoms. The quantitative estimate of drug-likeness (QED) is 0.832. The summed E-state index contributed by atoms with van der Waals surface area (Å²) < 4.78 is 0. The van der Waals surface area contributed by atoms with Crippen LogP contribution in [0.2, 0.25) is 5.02 Å². The highest BCUT2D eigenvalue weighted by molar-refractivity contribution is 6.35. The molecule has 0 spiro atoms. The maximum Gasteiger partial charge on any atom is 0.0908 e. The Balaban J connectivity index is 1.80. The molecule has 0 saturated heterocycles. The second-order valence-corrected chi connectivity index (χ2v) is 6.17. The molecular weight excluding hydrogens is 268 g/mol. The van der Waals surface area contributed by atoms with Crippen LogP contribution in [0.1, 0.15) is 39.0 Å². The van der Waals surface area contributed by atoms with E-state index in [1.807, 2.05) is 12.1 Å². The van der Waals surface area contributed by atoms with Gasteiger partial charge in [0.15, 0.2) is 0 Å². The van der Waals surface area contributed by atoms with Gasteiger partial charge in [-0.1, -0.05) is 24.9 Å². The van der Waals surface area contributed by atoms with Crippen molar-refractivity contribution in [2.75, 3.05) is 5.32 Å². The van der Waals surface area contributed by atoms with Crippen molar-refractivity contribution >= 4 is 28.2 Å². The fourth-order valence-electron chi connectivity index (χ4n) is 3.20. The van der Waals surface area contributed by atoms with Gasteiger partial charge < -0.3 is 5.32 Å². The van der Waals surface area contributed by atoms with Gasteiger partial charge in [0.1, 0.15) is 0 Å². The number of halogens is 1. The Bertz CT molecular complexity index is 589. The summed E-state index contributed by atoms with van der Waals surface area (Å²) in [7, 11) is 0. The number of anilines is 1. The maximum atomic E-state index is 6.22. The summed E-state index contributed by atoms with van der Waals surface area (Å²) in [6.07, 6.45) is 8.34. The summed E-state index contributed by atoms with van der Waals surface area (Å²) in [4.78, 5) is 4.39. The van der Waals surface area contributed by atoms with Crippen molar-refractivity contribution in [2.24, 2.45) is 5.92 Å². The summed E-state index contributed by atoms with van der Waals surface area (Å²) in [6.45, 7) is 2.30. The molecule has 1 aromatic carbocycles. The molecule has 0 atom stereocenters. The lowest BCUT2D eigenvalue weighted by Gasteiger charge is -2.29. The third-order valence-electron chi connectivity index (χ3n) is 4.50. The maximum absolute atomic E-state index is 6.22. The molecule has 106 valence electrons. The zero-order valence-electron chi connectivity index (χ0n) is 11.9. The van der Waals surface area contributed by atoms with Gasteiger partial charge in [0.05, 0.1) is 10.5 Å². The van der Waals surface area contributed by atoms with Crippen molar-refractivity contribution in [3.05, 3.63) is 35.5 Å².